The normalized spacial score (nSPS) is 22.6. The number of nitrogens with two attached hydrogens (primary N) is 1. The number of hydrogen-bond acceptors (Lipinski definition) is 3. The van der Waals surface area contributed by atoms with Crippen molar-refractivity contribution in [2.45, 2.75) is 43.6 Å². The molecule has 2 aliphatic carbocycles. The average Bonchev–Trinajstić information content (AvgIpc) is 2.86. The quantitative estimate of drug-likeness (QED) is 0.854. The maximum Gasteiger partial charge on any atom is 0.155 e. The maximum atomic E-state index is 6.16. The molecular weight excluding hydrogens is 212 g/mol. The lowest BCUT2D eigenvalue weighted by Crippen LogP contribution is -2.19. The molecule has 0 unspecified atom stereocenters. The second-order valence-electron chi connectivity index (χ2n) is 5.50. The SMILES string of the molecule is NC1(c2cc3ncc(C4CCC4)cn3n2)CC1. The molecule has 2 aromatic heterocycles. The van der Waals surface area contributed by atoms with Crippen LogP contribution in [0.3, 0.4) is 0 Å². The van der Waals surface area contributed by atoms with E-state index in [9.17, 15) is 0 Å². The first-order chi connectivity index (χ1) is 8.24. The van der Waals surface area contributed by atoms with E-state index in [1.54, 1.807) is 0 Å². The average molecular weight is 228 g/mol. The zero-order chi connectivity index (χ0) is 11.5. The lowest BCUT2D eigenvalue weighted by molar-refractivity contribution is 0.417. The summed E-state index contributed by atoms with van der Waals surface area (Å²) in [4.78, 5) is 4.49. The number of aromatic nitrogens is 3. The Morgan fingerprint density at radius 2 is 2.18 bits per heavy atom. The summed E-state index contributed by atoms with van der Waals surface area (Å²) in [5.41, 5.74) is 9.23. The van der Waals surface area contributed by atoms with Crippen LogP contribution >= 0.6 is 0 Å². The fourth-order valence-corrected chi connectivity index (χ4v) is 2.48. The van der Waals surface area contributed by atoms with Crippen molar-refractivity contribution in [2.75, 3.05) is 0 Å². The van der Waals surface area contributed by atoms with E-state index >= 15 is 0 Å². The van der Waals surface area contributed by atoms with Gasteiger partial charge in [0.25, 0.3) is 0 Å². The van der Waals surface area contributed by atoms with Gasteiger partial charge in [-0.3, -0.25) is 0 Å². The third-order valence-electron chi connectivity index (χ3n) is 4.21. The standard InChI is InChI=1S/C13H16N4/c14-13(4-5-13)11-6-12-15-7-10(8-17(12)16-11)9-2-1-3-9/h6-9H,1-5,14H2. The fourth-order valence-electron chi connectivity index (χ4n) is 2.48. The van der Waals surface area contributed by atoms with E-state index < -0.39 is 0 Å². The van der Waals surface area contributed by atoms with Crippen LogP contribution in [0.1, 0.15) is 49.3 Å². The van der Waals surface area contributed by atoms with Crippen LogP contribution in [0.5, 0.6) is 0 Å². The van der Waals surface area contributed by atoms with Gasteiger partial charge in [0.05, 0.1) is 11.2 Å². The number of rotatable bonds is 2. The summed E-state index contributed by atoms with van der Waals surface area (Å²) in [6.45, 7) is 0. The van der Waals surface area contributed by atoms with Crippen LogP contribution in [-0.2, 0) is 5.54 Å². The van der Waals surface area contributed by atoms with Crippen molar-refractivity contribution < 1.29 is 0 Å². The van der Waals surface area contributed by atoms with Crippen LogP contribution < -0.4 is 5.73 Å². The van der Waals surface area contributed by atoms with Crippen molar-refractivity contribution in [1.29, 1.82) is 0 Å². The zero-order valence-electron chi connectivity index (χ0n) is 9.76. The number of fused-ring (bicyclic) bond motifs is 1. The van der Waals surface area contributed by atoms with E-state index in [-0.39, 0.29) is 5.54 Å². The fraction of sp³-hybridized carbons (Fsp3) is 0.538. The highest BCUT2D eigenvalue weighted by Crippen LogP contribution is 2.42. The van der Waals surface area contributed by atoms with Crippen molar-refractivity contribution in [1.82, 2.24) is 14.6 Å². The minimum Gasteiger partial charge on any atom is -0.320 e. The molecule has 4 nitrogen and oxygen atoms in total. The third kappa shape index (κ3) is 1.40. The molecule has 2 N–H and O–H groups in total. The van der Waals surface area contributed by atoms with E-state index in [1.807, 2.05) is 16.8 Å². The summed E-state index contributed by atoms with van der Waals surface area (Å²) in [5.74, 6) is 0.701. The highest BCUT2D eigenvalue weighted by Gasteiger charge is 2.42. The second-order valence-corrected chi connectivity index (χ2v) is 5.50. The molecule has 0 amide bonds. The van der Waals surface area contributed by atoms with Gasteiger partial charge in [-0.25, -0.2) is 9.50 Å². The van der Waals surface area contributed by atoms with Gasteiger partial charge in [-0.15, -0.1) is 0 Å². The number of nitrogens with zero attached hydrogens (tertiary/aromatic N) is 3. The Labute approximate surface area is 99.8 Å². The minimum absolute atomic E-state index is 0.162. The second kappa shape index (κ2) is 3.07. The summed E-state index contributed by atoms with van der Waals surface area (Å²) in [6.07, 6.45) is 10.2. The summed E-state index contributed by atoms with van der Waals surface area (Å²) < 4.78 is 1.90. The predicted molar refractivity (Wildman–Crippen MR) is 64.7 cm³/mol. The van der Waals surface area contributed by atoms with Gasteiger partial charge in [0.2, 0.25) is 0 Å². The van der Waals surface area contributed by atoms with Crippen molar-refractivity contribution in [3.05, 3.63) is 29.7 Å². The molecule has 2 aromatic rings. The van der Waals surface area contributed by atoms with Gasteiger partial charge in [0.15, 0.2) is 5.65 Å². The van der Waals surface area contributed by atoms with Crippen LogP contribution in [0.4, 0.5) is 0 Å². The Bertz CT molecular complexity index is 578. The lowest BCUT2D eigenvalue weighted by atomic mass is 9.81. The third-order valence-corrected chi connectivity index (χ3v) is 4.21. The summed E-state index contributed by atoms with van der Waals surface area (Å²) in [5, 5.41) is 4.58. The first-order valence-corrected chi connectivity index (χ1v) is 6.39. The van der Waals surface area contributed by atoms with Crippen LogP contribution in [0.15, 0.2) is 18.5 Å². The van der Waals surface area contributed by atoms with Gasteiger partial charge in [-0.05, 0) is 37.2 Å². The molecule has 2 heterocycles. The van der Waals surface area contributed by atoms with Crippen molar-refractivity contribution in [3.63, 3.8) is 0 Å². The Morgan fingerprint density at radius 1 is 1.35 bits per heavy atom. The first kappa shape index (κ1) is 9.59. The molecule has 17 heavy (non-hydrogen) atoms. The molecule has 2 fully saturated rings. The van der Waals surface area contributed by atoms with Gasteiger partial charge in [-0.1, -0.05) is 6.42 Å². The molecule has 0 spiro atoms. The molecule has 2 saturated carbocycles. The van der Waals surface area contributed by atoms with Gasteiger partial charge < -0.3 is 5.73 Å². The van der Waals surface area contributed by atoms with Gasteiger partial charge in [0, 0.05) is 18.5 Å². The molecule has 0 saturated heterocycles. The molecule has 2 aliphatic rings. The van der Waals surface area contributed by atoms with Gasteiger partial charge >= 0.3 is 0 Å². The van der Waals surface area contributed by atoms with Crippen molar-refractivity contribution in [2.24, 2.45) is 5.73 Å². The summed E-state index contributed by atoms with van der Waals surface area (Å²) in [7, 11) is 0. The smallest absolute Gasteiger partial charge is 0.155 e. The van der Waals surface area contributed by atoms with Gasteiger partial charge in [0.1, 0.15) is 0 Å². The highest BCUT2D eigenvalue weighted by atomic mass is 15.3. The largest absolute Gasteiger partial charge is 0.320 e. The first-order valence-electron chi connectivity index (χ1n) is 6.39. The van der Waals surface area contributed by atoms with E-state index in [4.69, 9.17) is 5.73 Å². The molecule has 0 aliphatic heterocycles. The minimum atomic E-state index is -0.162. The molecule has 0 atom stereocenters. The molecule has 4 heteroatoms. The van der Waals surface area contributed by atoms with Crippen LogP contribution in [0, 0.1) is 0 Å². The topological polar surface area (TPSA) is 56.2 Å². The molecule has 4 rings (SSSR count). The lowest BCUT2D eigenvalue weighted by Gasteiger charge is -2.25. The van der Waals surface area contributed by atoms with E-state index in [0.29, 0.717) is 5.92 Å². The van der Waals surface area contributed by atoms with Crippen LogP contribution in [0.25, 0.3) is 5.65 Å². The van der Waals surface area contributed by atoms with Crippen LogP contribution in [0.2, 0.25) is 0 Å². The summed E-state index contributed by atoms with van der Waals surface area (Å²) >= 11 is 0. The van der Waals surface area contributed by atoms with E-state index in [2.05, 4.69) is 16.3 Å². The van der Waals surface area contributed by atoms with Crippen LogP contribution in [-0.4, -0.2) is 14.6 Å². The van der Waals surface area contributed by atoms with Gasteiger partial charge in [-0.2, -0.15) is 5.10 Å². The highest BCUT2D eigenvalue weighted by molar-refractivity contribution is 5.43. The monoisotopic (exact) mass is 228 g/mol. The Hall–Kier alpha value is -1.42. The molecule has 0 radical (unpaired) electrons. The maximum absolute atomic E-state index is 6.16. The molecule has 0 aromatic carbocycles. The zero-order valence-corrected chi connectivity index (χ0v) is 9.76. The predicted octanol–water partition coefficient (Wildman–Crippen LogP) is 1.94. The van der Waals surface area contributed by atoms with E-state index in [1.165, 1.54) is 24.8 Å². The van der Waals surface area contributed by atoms with Crippen molar-refractivity contribution >= 4 is 5.65 Å². The number of hydrogen-bond donors (Lipinski definition) is 1. The van der Waals surface area contributed by atoms with E-state index in [0.717, 1.165) is 24.2 Å². The molecular formula is C13H16N4. The summed E-state index contributed by atoms with van der Waals surface area (Å²) in [6, 6.07) is 2.03. The molecule has 88 valence electrons. The molecule has 0 bridgehead atoms. The Kier molecular flexibility index (Phi) is 1.73. The Balaban J connectivity index is 1.78. The van der Waals surface area contributed by atoms with Crippen molar-refractivity contribution in [3.8, 4) is 0 Å². The Morgan fingerprint density at radius 3 is 2.82 bits per heavy atom.